The van der Waals surface area contributed by atoms with Crippen molar-refractivity contribution in [1.29, 1.82) is 5.26 Å². The number of halogens is 5. The Balaban J connectivity index is 0.000000575. The summed E-state index contributed by atoms with van der Waals surface area (Å²) in [5.41, 5.74) is 0.639. The maximum absolute atomic E-state index is 13.8. The molecule has 0 saturated carbocycles. The molecule has 8 nitrogen and oxygen atoms in total. The van der Waals surface area contributed by atoms with E-state index in [4.69, 9.17) is 45.2 Å². The zero-order chi connectivity index (χ0) is 26.1. The molecule has 5 atom stereocenters. The monoisotopic (exact) mass is 565 g/mol. The molecule has 35 heavy (non-hydrogen) atoms. The quantitative estimate of drug-likeness (QED) is 0.277. The Hall–Kier alpha value is -0.710. The first-order chi connectivity index (χ1) is 15.8. The maximum Gasteiger partial charge on any atom is 1.00 e. The number of nitrogens with one attached hydrogen (secondary N) is 2. The van der Waals surface area contributed by atoms with Crippen molar-refractivity contribution in [2.75, 3.05) is 13.7 Å². The minimum atomic E-state index is -3.57. The van der Waals surface area contributed by atoms with E-state index < -0.39 is 46.5 Å². The molecule has 1 fully saturated rings. The molecule has 5 unspecified atom stereocenters. The van der Waals surface area contributed by atoms with Crippen LogP contribution in [0, 0.1) is 11.3 Å². The van der Waals surface area contributed by atoms with E-state index in [0.717, 1.165) is 10.8 Å². The smallest absolute Gasteiger partial charge is 0.544 e. The average Bonchev–Trinajstić information content (AvgIpc) is 3.18. The fraction of sp³-hybridized carbons (Fsp3) is 0.524. The Morgan fingerprint density at radius 1 is 1.46 bits per heavy atom. The van der Waals surface area contributed by atoms with Crippen LogP contribution in [0.4, 0.5) is 8.78 Å². The van der Waals surface area contributed by atoms with Crippen LogP contribution in [0.3, 0.4) is 0 Å². The third kappa shape index (κ3) is 10.7. The summed E-state index contributed by atoms with van der Waals surface area (Å²) < 4.78 is 30.7. The number of aromatic nitrogens is 1. The Bertz CT molecular complexity index is 970. The molecule has 0 spiro atoms. The molecular weight excluding hydrogens is 542 g/mol. The number of hydrogen-bond acceptors (Lipinski definition) is 7. The molecule has 3 rings (SSSR count). The van der Waals surface area contributed by atoms with Gasteiger partial charge in [0.25, 0.3) is 5.85 Å². The number of nitrogens with zero attached hydrogens (tertiary/aromatic N) is 1. The van der Waals surface area contributed by atoms with E-state index in [2.05, 4.69) is 21.1 Å². The van der Waals surface area contributed by atoms with Crippen molar-refractivity contribution in [3.05, 3.63) is 36.2 Å². The third-order valence-corrected chi connectivity index (χ3v) is 4.74. The van der Waals surface area contributed by atoms with Gasteiger partial charge in [0.1, 0.15) is 23.8 Å². The molecule has 0 aliphatic carbocycles. The van der Waals surface area contributed by atoms with Crippen LogP contribution in [0.15, 0.2) is 30.5 Å². The standard InChI is InChI=1S/C10H17F2NO5.C9H6N2.C2H3Cl3.Na/c1-13-5-4-7(11)10(12,9(16)17)18-8(5)6(15)2-3-14;10-5-9-8-4-2-1-3-7(8)6-11-9;1-2(3,4)5;/h5-8,13-15H,2-4H2,1H3,(H,16,17);1-4,6,11H;1H3;/q;;;+1/p-1. The van der Waals surface area contributed by atoms with Gasteiger partial charge in [0.2, 0.25) is 0 Å². The van der Waals surface area contributed by atoms with Crippen molar-refractivity contribution in [3.8, 4) is 6.07 Å². The number of aliphatic hydroxyl groups is 2. The van der Waals surface area contributed by atoms with E-state index >= 15 is 0 Å². The van der Waals surface area contributed by atoms with Gasteiger partial charge >= 0.3 is 29.6 Å². The molecule has 1 aromatic heterocycles. The molecule has 14 heteroatoms. The van der Waals surface area contributed by atoms with E-state index in [-0.39, 0.29) is 42.6 Å². The third-order valence-electron chi connectivity index (χ3n) is 4.74. The van der Waals surface area contributed by atoms with Crippen molar-refractivity contribution >= 4 is 51.5 Å². The van der Waals surface area contributed by atoms with Crippen LogP contribution in [-0.2, 0) is 9.53 Å². The average molecular weight is 567 g/mol. The number of carboxylic acid groups (broad SMARTS) is 1. The van der Waals surface area contributed by atoms with E-state index in [1.54, 1.807) is 0 Å². The number of aliphatic hydroxyl groups excluding tert-OH is 2. The molecule has 0 amide bonds. The van der Waals surface area contributed by atoms with E-state index in [0.29, 0.717) is 5.69 Å². The van der Waals surface area contributed by atoms with Gasteiger partial charge in [-0.05, 0) is 20.4 Å². The fourth-order valence-corrected chi connectivity index (χ4v) is 3.13. The number of aliphatic carboxylic acids is 1. The van der Waals surface area contributed by atoms with Gasteiger partial charge in [-0.1, -0.05) is 59.1 Å². The summed E-state index contributed by atoms with van der Waals surface area (Å²) in [7, 11) is 1.45. The number of H-pyrrole nitrogens is 1. The first-order valence-corrected chi connectivity index (χ1v) is 11.1. The van der Waals surface area contributed by atoms with Gasteiger partial charge in [-0.2, -0.15) is 5.26 Å². The van der Waals surface area contributed by atoms with Crippen molar-refractivity contribution in [3.63, 3.8) is 0 Å². The fourth-order valence-electron chi connectivity index (χ4n) is 3.13. The summed E-state index contributed by atoms with van der Waals surface area (Å²) in [6, 6.07) is 9.13. The number of carbonyl (C=O) groups is 1. The normalized spacial score (nSPS) is 24.5. The first-order valence-electron chi connectivity index (χ1n) is 9.99. The molecule has 2 aromatic rings. The van der Waals surface area contributed by atoms with Crippen molar-refractivity contribution < 1.29 is 63.2 Å². The van der Waals surface area contributed by atoms with E-state index in [9.17, 15) is 23.8 Å². The van der Waals surface area contributed by atoms with E-state index in [1.807, 2.05) is 30.5 Å². The second kappa shape index (κ2) is 15.5. The van der Waals surface area contributed by atoms with Crippen LogP contribution in [-0.4, -0.2) is 68.9 Å². The zero-order valence-electron chi connectivity index (χ0n) is 19.3. The van der Waals surface area contributed by atoms with Crippen LogP contribution >= 0.6 is 34.8 Å². The molecule has 1 aromatic carbocycles. The minimum Gasteiger partial charge on any atom is -0.544 e. The molecule has 0 bridgehead atoms. The molecule has 4 N–H and O–H groups in total. The van der Waals surface area contributed by atoms with Gasteiger partial charge in [0.05, 0.1) is 6.10 Å². The summed E-state index contributed by atoms with van der Waals surface area (Å²) in [4.78, 5) is 13.5. The Labute approximate surface area is 238 Å². The molecule has 190 valence electrons. The first kappa shape index (κ1) is 34.3. The SMILES string of the molecule is CC(Cl)(Cl)Cl.CNC1CC(F)C(F)(C(=O)[O-])OC1C(O)CCO.N#Cc1[nH]cc2ccccc12.[Na+]. The van der Waals surface area contributed by atoms with Crippen molar-refractivity contribution in [2.24, 2.45) is 0 Å². The number of fused-ring (bicyclic) bond motifs is 1. The van der Waals surface area contributed by atoms with Crippen LogP contribution < -0.4 is 40.0 Å². The number of ether oxygens (including phenoxy) is 1. The molecule has 1 saturated heterocycles. The minimum absolute atomic E-state index is 0. The number of rotatable bonds is 5. The van der Waals surface area contributed by atoms with Gasteiger partial charge in [0.15, 0.2) is 9.96 Å². The number of hydrogen-bond donors (Lipinski definition) is 4. The summed E-state index contributed by atoms with van der Waals surface area (Å²) in [6.07, 6.45) is -3.76. The predicted octanol–water partition coefficient (Wildman–Crippen LogP) is -0.720. The van der Waals surface area contributed by atoms with Gasteiger partial charge in [0, 0.05) is 36.0 Å². The number of carboxylic acids is 1. The van der Waals surface area contributed by atoms with Crippen LogP contribution in [0.2, 0.25) is 0 Å². The molecule has 1 aliphatic rings. The number of benzene rings is 1. The van der Waals surface area contributed by atoms with Crippen LogP contribution in [0.5, 0.6) is 0 Å². The summed E-state index contributed by atoms with van der Waals surface area (Å²) in [5.74, 6) is -5.89. The molecular formula is C21H25Cl3F2N3NaO5. The van der Waals surface area contributed by atoms with Crippen LogP contribution in [0.25, 0.3) is 10.8 Å². The van der Waals surface area contributed by atoms with Crippen molar-refractivity contribution in [1.82, 2.24) is 10.3 Å². The predicted molar refractivity (Wildman–Crippen MR) is 123 cm³/mol. The Morgan fingerprint density at radius 3 is 2.51 bits per heavy atom. The number of alkyl halides is 5. The Morgan fingerprint density at radius 2 is 2.03 bits per heavy atom. The molecule has 1 aliphatic heterocycles. The number of aromatic amines is 1. The van der Waals surface area contributed by atoms with Crippen LogP contribution in [0.1, 0.15) is 25.5 Å². The molecule has 0 radical (unpaired) electrons. The van der Waals surface area contributed by atoms with Crippen molar-refractivity contribution in [2.45, 2.75) is 53.8 Å². The summed E-state index contributed by atoms with van der Waals surface area (Å²) >= 11 is 15.2. The zero-order valence-corrected chi connectivity index (χ0v) is 23.5. The van der Waals surface area contributed by atoms with Gasteiger partial charge in [-0.3, -0.25) is 0 Å². The Kier molecular flexibility index (Phi) is 15.2. The number of nitriles is 1. The van der Waals surface area contributed by atoms with Gasteiger partial charge in [-0.25, -0.2) is 8.78 Å². The topological polar surface area (TPSA) is 141 Å². The van der Waals surface area contributed by atoms with Gasteiger partial charge in [-0.15, -0.1) is 0 Å². The summed E-state index contributed by atoms with van der Waals surface area (Å²) in [5, 5.41) is 42.3. The maximum atomic E-state index is 13.8. The van der Waals surface area contributed by atoms with Gasteiger partial charge < -0.3 is 35.2 Å². The van der Waals surface area contributed by atoms with E-state index in [1.165, 1.54) is 14.0 Å². The molecule has 2 heterocycles. The second-order valence-corrected chi connectivity index (χ2v) is 10.2. The summed E-state index contributed by atoms with van der Waals surface area (Å²) in [6.45, 7) is 1.10. The number of likely N-dealkylation sites (N-methyl/N-ethyl adjacent to an activating group) is 1. The second-order valence-electron chi connectivity index (χ2n) is 7.34. The number of carbonyl (C=O) groups excluding carboxylic acids is 1. The largest absolute Gasteiger partial charge is 1.00 e.